The first kappa shape index (κ1) is 38.2. The Morgan fingerprint density at radius 2 is 1.65 bits per heavy atom. The van der Waals surface area contributed by atoms with Gasteiger partial charge in [0.1, 0.15) is 17.9 Å². The predicted molar refractivity (Wildman–Crippen MR) is 184 cm³/mol. The van der Waals surface area contributed by atoms with Crippen molar-refractivity contribution in [2.45, 2.75) is 154 Å². The number of alkyl halides is 2. The van der Waals surface area contributed by atoms with E-state index in [1.807, 2.05) is 0 Å². The Hall–Kier alpha value is -2.23. The second-order valence-electron chi connectivity index (χ2n) is 13.8. The minimum atomic E-state index is -2.50. The molecule has 1 aromatic heterocycles. The van der Waals surface area contributed by atoms with E-state index in [1.54, 1.807) is 0 Å². The van der Waals surface area contributed by atoms with Gasteiger partial charge in [-0.05, 0) is 91.3 Å². The van der Waals surface area contributed by atoms with Gasteiger partial charge in [-0.25, -0.2) is 8.78 Å². The second-order valence-corrected chi connectivity index (χ2v) is 13.8. The number of rotatable bonds is 18. The SMILES string of the molecule is CNC(CCN1C(C)CCC1CC(C)n1c(C)nnc1CCCCCCCCCN)c1ccccc1.O=CC1CCC(F)(F)CC1. The topological polar surface area (TPSA) is 89.1 Å². The molecule has 4 unspecified atom stereocenters. The third-order valence-corrected chi connectivity index (χ3v) is 10.2. The van der Waals surface area contributed by atoms with Crippen molar-refractivity contribution in [1.82, 2.24) is 25.0 Å². The van der Waals surface area contributed by atoms with Gasteiger partial charge in [0.2, 0.25) is 5.92 Å². The minimum absolute atomic E-state index is 0.111. The van der Waals surface area contributed by atoms with Crippen molar-refractivity contribution in [1.29, 1.82) is 0 Å². The van der Waals surface area contributed by atoms with E-state index in [2.05, 4.69) is 83.1 Å². The number of aromatic nitrogens is 3. The molecule has 4 atom stereocenters. The van der Waals surface area contributed by atoms with Crippen LogP contribution in [0.2, 0.25) is 0 Å². The molecule has 1 aliphatic heterocycles. The van der Waals surface area contributed by atoms with E-state index in [1.165, 1.54) is 75.6 Å². The van der Waals surface area contributed by atoms with Crippen molar-refractivity contribution in [2.24, 2.45) is 11.7 Å². The third-order valence-electron chi connectivity index (χ3n) is 10.2. The van der Waals surface area contributed by atoms with Crippen molar-refractivity contribution in [2.75, 3.05) is 20.1 Å². The highest BCUT2D eigenvalue weighted by Gasteiger charge is 2.35. The number of carbonyl (C=O) groups is 1. The fraction of sp³-hybridized carbons (Fsp3) is 0.757. The van der Waals surface area contributed by atoms with E-state index in [0.717, 1.165) is 38.0 Å². The van der Waals surface area contributed by atoms with Crippen molar-refractivity contribution in [3.8, 4) is 0 Å². The summed E-state index contributed by atoms with van der Waals surface area (Å²) in [7, 11) is 2.09. The number of hydrogen-bond donors (Lipinski definition) is 2. The molecule has 0 amide bonds. The predicted octanol–water partition coefficient (Wildman–Crippen LogP) is 7.98. The van der Waals surface area contributed by atoms with E-state index >= 15 is 0 Å². The summed E-state index contributed by atoms with van der Waals surface area (Å²) in [5.74, 6) is -0.365. The van der Waals surface area contributed by atoms with Gasteiger partial charge in [-0.1, -0.05) is 62.4 Å². The highest BCUT2D eigenvalue weighted by molar-refractivity contribution is 5.53. The van der Waals surface area contributed by atoms with E-state index in [0.29, 0.717) is 37.0 Å². The standard InChI is InChI=1S/C30H52N6.C7H10F2O/c1-24-18-19-28(35(24)22-20-29(32-4)27-15-11-10-12-16-27)23-25(2)36-26(3)33-34-30(36)17-13-8-6-5-7-9-14-21-31;8-7(9)3-1-6(5-10)2-4-7/h10-12,15-16,24-25,28-29,32H,5-9,13-14,17-23,31H2,1-4H3;5-6H,1-4H2. The van der Waals surface area contributed by atoms with Crippen LogP contribution in [0.15, 0.2) is 30.3 Å². The fourth-order valence-corrected chi connectivity index (χ4v) is 7.39. The maximum atomic E-state index is 12.4. The highest BCUT2D eigenvalue weighted by atomic mass is 19.3. The van der Waals surface area contributed by atoms with Crippen LogP contribution < -0.4 is 11.1 Å². The van der Waals surface area contributed by atoms with Gasteiger partial charge in [0.15, 0.2) is 0 Å². The van der Waals surface area contributed by atoms with Gasteiger partial charge in [0, 0.05) is 55.9 Å². The van der Waals surface area contributed by atoms with Gasteiger partial charge in [-0.15, -0.1) is 10.2 Å². The zero-order valence-corrected chi connectivity index (χ0v) is 29.1. The Labute approximate surface area is 277 Å². The monoisotopic (exact) mass is 644 g/mol. The molecule has 0 spiro atoms. The number of carbonyl (C=O) groups excluding carboxylic acids is 1. The first-order valence-corrected chi connectivity index (χ1v) is 18.1. The molecule has 0 bridgehead atoms. The van der Waals surface area contributed by atoms with Crippen LogP contribution >= 0.6 is 0 Å². The van der Waals surface area contributed by atoms with Crippen molar-refractivity contribution < 1.29 is 13.6 Å². The molecule has 9 heteroatoms. The lowest BCUT2D eigenvalue weighted by molar-refractivity contribution is -0.115. The molecule has 2 heterocycles. The van der Waals surface area contributed by atoms with Crippen molar-refractivity contribution >= 4 is 6.29 Å². The summed E-state index contributed by atoms with van der Waals surface area (Å²) in [5.41, 5.74) is 6.98. The average molecular weight is 645 g/mol. The number of nitrogens with zero attached hydrogens (tertiary/aromatic N) is 4. The number of benzene rings is 1. The molecular formula is C37H62F2N6O. The molecule has 2 aliphatic rings. The van der Waals surface area contributed by atoms with E-state index in [4.69, 9.17) is 5.73 Å². The van der Waals surface area contributed by atoms with Crippen LogP contribution in [0.1, 0.15) is 139 Å². The Kier molecular flexibility index (Phi) is 16.8. The lowest BCUT2D eigenvalue weighted by Crippen LogP contribution is -2.38. The Bertz CT molecular complexity index is 1100. The lowest BCUT2D eigenvalue weighted by Gasteiger charge is -2.32. The number of likely N-dealkylation sites (tertiary alicyclic amines) is 1. The van der Waals surface area contributed by atoms with Gasteiger partial charge >= 0.3 is 0 Å². The van der Waals surface area contributed by atoms with Crippen LogP contribution in [0.25, 0.3) is 0 Å². The van der Waals surface area contributed by atoms with Crippen LogP contribution in [0.5, 0.6) is 0 Å². The summed E-state index contributed by atoms with van der Waals surface area (Å²) < 4.78 is 27.2. The highest BCUT2D eigenvalue weighted by Crippen LogP contribution is 2.35. The number of nitrogens with two attached hydrogens (primary N) is 1. The number of aldehydes is 1. The molecule has 1 aliphatic carbocycles. The molecule has 1 saturated carbocycles. The van der Waals surface area contributed by atoms with Crippen molar-refractivity contribution in [3.63, 3.8) is 0 Å². The van der Waals surface area contributed by atoms with Crippen LogP contribution in [0.3, 0.4) is 0 Å². The zero-order valence-electron chi connectivity index (χ0n) is 29.1. The van der Waals surface area contributed by atoms with E-state index in [-0.39, 0.29) is 18.8 Å². The van der Waals surface area contributed by atoms with Crippen LogP contribution in [0, 0.1) is 12.8 Å². The third kappa shape index (κ3) is 12.4. The van der Waals surface area contributed by atoms with Crippen LogP contribution in [-0.4, -0.2) is 64.1 Å². The normalized spacial score (nSPS) is 21.5. The Morgan fingerprint density at radius 1 is 1.00 bits per heavy atom. The quantitative estimate of drug-likeness (QED) is 0.126. The van der Waals surface area contributed by atoms with E-state index < -0.39 is 5.92 Å². The van der Waals surface area contributed by atoms with Gasteiger partial charge in [0.05, 0.1) is 0 Å². The number of unbranched alkanes of at least 4 members (excludes halogenated alkanes) is 6. The van der Waals surface area contributed by atoms with Gasteiger partial charge in [0.25, 0.3) is 0 Å². The summed E-state index contributed by atoms with van der Waals surface area (Å²) in [4.78, 5) is 12.9. The van der Waals surface area contributed by atoms with Crippen LogP contribution in [0.4, 0.5) is 8.78 Å². The van der Waals surface area contributed by atoms with Crippen molar-refractivity contribution in [3.05, 3.63) is 47.5 Å². The summed E-state index contributed by atoms with van der Waals surface area (Å²) in [6.07, 6.45) is 16.1. The maximum Gasteiger partial charge on any atom is 0.248 e. The molecule has 1 saturated heterocycles. The van der Waals surface area contributed by atoms with Gasteiger partial charge in [-0.3, -0.25) is 4.90 Å². The average Bonchev–Trinajstić information content (AvgIpc) is 3.60. The van der Waals surface area contributed by atoms with Gasteiger partial charge < -0.3 is 20.4 Å². The molecular weight excluding hydrogens is 582 g/mol. The second kappa shape index (κ2) is 20.2. The molecule has 46 heavy (non-hydrogen) atoms. The Balaban J connectivity index is 0.000000489. The largest absolute Gasteiger partial charge is 0.330 e. The number of aryl methyl sites for hydroxylation is 2. The molecule has 2 fully saturated rings. The molecule has 260 valence electrons. The minimum Gasteiger partial charge on any atom is -0.330 e. The zero-order chi connectivity index (χ0) is 33.4. The van der Waals surface area contributed by atoms with Crippen LogP contribution in [-0.2, 0) is 11.2 Å². The maximum absolute atomic E-state index is 12.4. The molecule has 0 radical (unpaired) electrons. The first-order valence-electron chi connectivity index (χ1n) is 18.1. The Morgan fingerprint density at radius 3 is 2.28 bits per heavy atom. The summed E-state index contributed by atoms with van der Waals surface area (Å²) in [5, 5.41) is 12.6. The molecule has 1 aromatic carbocycles. The summed E-state index contributed by atoms with van der Waals surface area (Å²) in [6.45, 7) is 8.87. The first-order chi connectivity index (χ1) is 22.2. The lowest BCUT2D eigenvalue weighted by atomic mass is 9.88. The number of halogens is 2. The van der Waals surface area contributed by atoms with E-state index in [9.17, 15) is 13.6 Å². The smallest absolute Gasteiger partial charge is 0.248 e. The molecule has 3 N–H and O–H groups in total. The van der Waals surface area contributed by atoms with Gasteiger partial charge in [-0.2, -0.15) is 0 Å². The summed E-state index contributed by atoms with van der Waals surface area (Å²) >= 11 is 0. The number of nitrogens with one attached hydrogen (secondary N) is 1. The molecule has 4 rings (SSSR count). The molecule has 2 aromatic rings. The molecule has 7 nitrogen and oxygen atoms in total. The fourth-order valence-electron chi connectivity index (χ4n) is 7.39. The summed E-state index contributed by atoms with van der Waals surface area (Å²) in [6, 6.07) is 13.0. The number of hydrogen-bond acceptors (Lipinski definition) is 6.